The summed E-state index contributed by atoms with van der Waals surface area (Å²) in [5.74, 6) is 1.61. The van der Waals surface area contributed by atoms with Gasteiger partial charge in [-0.05, 0) is 59.6 Å². The first kappa shape index (κ1) is 13.3. The molecule has 0 spiro atoms. The van der Waals surface area contributed by atoms with E-state index in [-0.39, 0.29) is 0 Å². The molecule has 1 aromatic carbocycles. The van der Waals surface area contributed by atoms with Gasteiger partial charge in [-0.2, -0.15) is 0 Å². The maximum atomic E-state index is 5.81. The highest BCUT2D eigenvalue weighted by Gasteiger charge is 2.03. The van der Waals surface area contributed by atoms with Crippen molar-refractivity contribution in [3.8, 4) is 5.75 Å². The van der Waals surface area contributed by atoms with Gasteiger partial charge in [-0.25, -0.2) is 0 Å². The van der Waals surface area contributed by atoms with Gasteiger partial charge in [-0.3, -0.25) is 0 Å². The van der Waals surface area contributed by atoms with Gasteiger partial charge < -0.3 is 4.74 Å². The van der Waals surface area contributed by atoms with Crippen molar-refractivity contribution in [3.63, 3.8) is 0 Å². The number of halogens is 2. The normalized spacial score (nSPS) is 12.8. The molecule has 0 saturated heterocycles. The van der Waals surface area contributed by atoms with E-state index in [0.717, 1.165) is 22.4 Å². The molecule has 0 aliphatic heterocycles. The highest BCUT2D eigenvalue weighted by Crippen LogP contribution is 2.24. The van der Waals surface area contributed by atoms with Crippen molar-refractivity contribution in [2.24, 2.45) is 0 Å². The first-order valence-corrected chi connectivity index (χ1v) is 6.30. The number of allylic oxidation sites excluding steroid dienone is 3. The van der Waals surface area contributed by atoms with E-state index in [1.165, 1.54) is 0 Å². The summed E-state index contributed by atoms with van der Waals surface area (Å²) >= 11 is 9.27. The summed E-state index contributed by atoms with van der Waals surface area (Å²) < 4.78 is 6.70. The molecule has 86 valence electrons. The summed E-state index contributed by atoms with van der Waals surface area (Å²) in [5.41, 5.74) is 0. The van der Waals surface area contributed by atoms with E-state index >= 15 is 0 Å². The first-order chi connectivity index (χ1) is 7.67. The van der Waals surface area contributed by atoms with Crippen molar-refractivity contribution in [2.45, 2.75) is 20.3 Å². The van der Waals surface area contributed by atoms with Crippen molar-refractivity contribution in [1.82, 2.24) is 0 Å². The van der Waals surface area contributed by atoms with Crippen LogP contribution in [0.15, 0.2) is 46.7 Å². The van der Waals surface area contributed by atoms with Crippen molar-refractivity contribution >= 4 is 27.5 Å². The third kappa shape index (κ3) is 4.03. The zero-order chi connectivity index (χ0) is 12.0. The summed E-state index contributed by atoms with van der Waals surface area (Å²) in [6.07, 6.45) is 4.90. The minimum atomic E-state index is 0.707. The van der Waals surface area contributed by atoms with E-state index in [4.69, 9.17) is 16.3 Å². The molecule has 0 aliphatic carbocycles. The van der Waals surface area contributed by atoms with Gasteiger partial charge in [0.1, 0.15) is 11.5 Å². The largest absolute Gasteiger partial charge is 0.457 e. The Labute approximate surface area is 110 Å². The van der Waals surface area contributed by atoms with Crippen LogP contribution in [0.25, 0.3) is 0 Å². The number of benzene rings is 1. The number of hydrogen-bond acceptors (Lipinski definition) is 1. The van der Waals surface area contributed by atoms with Crippen LogP contribution in [0.5, 0.6) is 5.75 Å². The molecule has 0 aromatic heterocycles. The molecule has 0 N–H and O–H groups in total. The zero-order valence-electron chi connectivity index (χ0n) is 9.34. The Morgan fingerprint density at radius 2 is 2.00 bits per heavy atom. The maximum absolute atomic E-state index is 5.81. The Morgan fingerprint density at radius 3 is 2.50 bits per heavy atom. The van der Waals surface area contributed by atoms with Gasteiger partial charge in [-0.1, -0.05) is 24.6 Å². The van der Waals surface area contributed by atoms with E-state index < -0.39 is 0 Å². The number of rotatable bonds is 4. The highest BCUT2D eigenvalue weighted by molar-refractivity contribution is 9.11. The smallest absolute Gasteiger partial charge is 0.137 e. The molecule has 1 nitrogen and oxygen atoms in total. The third-order valence-corrected chi connectivity index (χ3v) is 3.02. The monoisotopic (exact) mass is 300 g/mol. The van der Waals surface area contributed by atoms with Crippen LogP contribution < -0.4 is 4.74 Å². The van der Waals surface area contributed by atoms with Crippen molar-refractivity contribution in [3.05, 3.63) is 51.7 Å². The fourth-order valence-electron chi connectivity index (χ4n) is 1.15. The van der Waals surface area contributed by atoms with Gasteiger partial charge in [-0.15, -0.1) is 0 Å². The molecular formula is C13H14BrClO. The van der Waals surface area contributed by atoms with Crippen LogP contribution in [0.1, 0.15) is 20.3 Å². The maximum Gasteiger partial charge on any atom is 0.137 e. The fraction of sp³-hybridized carbons (Fsp3) is 0.231. The average molecular weight is 302 g/mol. The Morgan fingerprint density at radius 1 is 1.38 bits per heavy atom. The zero-order valence-corrected chi connectivity index (χ0v) is 11.7. The van der Waals surface area contributed by atoms with Crippen molar-refractivity contribution in [2.75, 3.05) is 0 Å². The molecule has 0 saturated carbocycles. The predicted octanol–water partition coefficient (Wildman–Crippen LogP) is 5.31. The standard InChI is InChI=1S/C13H14BrClO/c1-3-5-13(12(14)4-2)16-11-8-6-10(15)7-9-11/h4-9H,3H2,1-2H3/b12-4+,13-5+. The summed E-state index contributed by atoms with van der Waals surface area (Å²) in [6.45, 7) is 4.03. The van der Waals surface area contributed by atoms with Crippen LogP contribution in [-0.2, 0) is 0 Å². The topological polar surface area (TPSA) is 9.23 Å². The van der Waals surface area contributed by atoms with Crippen LogP contribution in [0, 0.1) is 0 Å². The Hall–Kier alpha value is -0.730. The second-order valence-electron chi connectivity index (χ2n) is 3.17. The van der Waals surface area contributed by atoms with Crippen molar-refractivity contribution in [1.29, 1.82) is 0 Å². The first-order valence-electron chi connectivity index (χ1n) is 5.13. The lowest BCUT2D eigenvalue weighted by atomic mass is 10.3. The molecule has 0 fully saturated rings. The SMILES string of the molecule is C/C=C(Br)\C(=C/CC)Oc1ccc(Cl)cc1. The Bertz CT molecular complexity index is 393. The summed E-state index contributed by atoms with van der Waals surface area (Å²) in [4.78, 5) is 0. The highest BCUT2D eigenvalue weighted by atomic mass is 79.9. The van der Waals surface area contributed by atoms with Crippen LogP contribution in [-0.4, -0.2) is 0 Å². The molecule has 0 bridgehead atoms. The minimum absolute atomic E-state index is 0.707. The Kier molecular flexibility index (Phi) is 5.64. The molecule has 0 atom stereocenters. The van der Waals surface area contributed by atoms with E-state index in [9.17, 15) is 0 Å². The molecule has 0 heterocycles. The lowest BCUT2D eigenvalue weighted by Gasteiger charge is -2.09. The molecule has 0 amide bonds. The van der Waals surface area contributed by atoms with Crippen LogP contribution in [0.2, 0.25) is 5.02 Å². The molecule has 1 rings (SSSR count). The Balaban J connectivity index is 2.84. The van der Waals surface area contributed by atoms with Gasteiger partial charge in [0.2, 0.25) is 0 Å². The second-order valence-corrected chi connectivity index (χ2v) is 4.46. The van der Waals surface area contributed by atoms with Gasteiger partial charge in [0.05, 0.1) is 4.48 Å². The van der Waals surface area contributed by atoms with E-state index in [1.54, 1.807) is 0 Å². The van der Waals surface area contributed by atoms with E-state index in [0.29, 0.717) is 5.02 Å². The third-order valence-electron chi connectivity index (χ3n) is 1.92. The summed E-state index contributed by atoms with van der Waals surface area (Å²) in [7, 11) is 0. The summed E-state index contributed by atoms with van der Waals surface area (Å²) in [6, 6.07) is 7.32. The van der Waals surface area contributed by atoms with E-state index in [2.05, 4.69) is 22.9 Å². The van der Waals surface area contributed by atoms with Crippen LogP contribution >= 0.6 is 27.5 Å². The van der Waals surface area contributed by atoms with Crippen LogP contribution in [0.3, 0.4) is 0 Å². The fourth-order valence-corrected chi connectivity index (χ4v) is 1.51. The molecule has 0 unspecified atom stereocenters. The molecular weight excluding hydrogens is 287 g/mol. The molecule has 3 heteroatoms. The van der Waals surface area contributed by atoms with Gasteiger partial charge in [0.25, 0.3) is 0 Å². The van der Waals surface area contributed by atoms with Crippen molar-refractivity contribution < 1.29 is 4.74 Å². The van der Waals surface area contributed by atoms with Gasteiger partial charge >= 0.3 is 0 Å². The summed E-state index contributed by atoms with van der Waals surface area (Å²) in [5, 5.41) is 0.707. The van der Waals surface area contributed by atoms with Gasteiger partial charge in [0, 0.05) is 5.02 Å². The molecule has 16 heavy (non-hydrogen) atoms. The number of hydrogen-bond donors (Lipinski definition) is 0. The second kappa shape index (κ2) is 6.77. The lowest BCUT2D eigenvalue weighted by Crippen LogP contribution is -1.95. The molecule has 0 aliphatic rings. The molecule has 1 aromatic rings. The lowest BCUT2D eigenvalue weighted by molar-refractivity contribution is 0.440. The average Bonchev–Trinajstić information content (AvgIpc) is 2.30. The van der Waals surface area contributed by atoms with E-state index in [1.807, 2.05) is 43.3 Å². The van der Waals surface area contributed by atoms with Gasteiger partial charge in [0.15, 0.2) is 0 Å². The predicted molar refractivity (Wildman–Crippen MR) is 73.1 cm³/mol. The number of ether oxygens (including phenoxy) is 1. The minimum Gasteiger partial charge on any atom is -0.457 e. The quantitative estimate of drug-likeness (QED) is 0.541. The molecule has 0 radical (unpaired) electrons. The van der Waals surface area contributed by atoms with Crippen LogP contribution in [0.4, 0.5) is 0 Å².